The zero-order valence-corrected chi connectivity index (χ0v) is 11.9. The second-order valence-corrected chi connectivity index (χ2v) is 42.5. The molecule has 10 heavy (non-hydrogen) atoms. The van der Waals surface area contributed by atoms with Crippen LogP contribution in [0.15, 0.2) is 0 Å². The van der Waals surface area contributed by atoms with Gasteiger partial charge in [-0.2, -0.15) is 0 Å². The third kappa shape index (κ3) is 5.21. The van der Waals surface area contributed by atoms with Crippen molar-refractivity contribution in [3.8, 4) is 0 Å². The van der Waals surface area contributed by atoms with E-state index in [1.165, 1.54) is 11.5 Å². The quantitative estimate of drug-likeness (QED) is 0.722. The van der Waals surface area contributed by atoms with E-state index in [2.05, 4.69) is 46.2 Å². The van der Waals surface area contributed by atoms with Crippen LogP contribution >= 0.6 is 17.7 Å². The van der Waals surface area contributed by atoms with Gasteiger partial charge in [0.05, 0.1) is 0 Å². The van der Waals surface area contributed by atoms with Gasteiger partial charge in [-0.15, -0.1) is 0 Å². The molecule has 0 bridgehead atoms. The van der Waals surface area contributed by atoms with Crippen molar-refractivity contribution >= 4 is 32.3 Å². The van der Waals surface area contributed by atoms with Gasteiger partial charge in [0, 0.05) is 0 Å². The summed E-state index contributed by atoms with van der Waals surface area (Å²) in [6, 6.07) is 0. The minimum atomic E-state index is -2.06. The molecule has 0 fully saturated rings. The first-order valence-corrected chi connectivity index (χ1v) is 19.5. The van der Waals surface area contributed by atoms with E-state index in [4.69, 9.17) is 0 Å². The van der Waals surface area contributed by atoms with Crippen LogP contribution in [-0.4, -0.2) is 26.1 Å². The zero-order chi connectivity index (χ0) is 8.28. The van der Waals surface area contributed by atoms with Crippen LogP contribution in [0, 0.1) is 0 Å². The Bertz CT molecular complexity index is 93.9. The first kappa shape index (κ1) is 11.5. The fourth-order valence-corrected chi connectivity index (χ4v) is 24.2. The van der Waals surface area contributed by atoms with E-state index in [0.29, 0.717) is 0 Å². The Morgan fingerprint density at radius 2 is 1.20 bits per heavy atom. The number of rotatable bonds is 4. The van der Waals surface area contributed by atoms with Gasteiger partial charge < -0.3 is 0 Å². The van der Waals surface area contributed by atoms with E-state index >= 15 is 0 Å². The molecule has 0 aliphatic carbocycles. The predicted octanol–water partition coefficient (Wildman–Crippen LogP) is 3.78. The van der Waals surface area contributed by atoms with Crippen molar-refractivity contribution in [3.63, 3.8) is 0 Å². The van der Waals surface area contributed by atoms with E-state index in [1.54, 1.807) is 0 Å². The van der Waals surface area contributed by atoms with Crippen LogP contribution in [0.5, 0.6) is 0 Å². The second-order valence-electron chi connectivity index (χ2n) is 3.35. The molecule has 0 saturated heterocycles. The van der Waals surface area contributed by atoms with E-state index in [-0.39, 0.29) is 0 Å². The summed E-state index contributed by atoms with van der Waals surface area (Å²) in [6.07, 6.45) is 0. The Balaban J connectivity index is 3.97. The summed E-state index contributed by atoms with van der Waals surface area (Å²) in [4.78, 5) is 7.53. The molecule has 0 amide bonds. The molecule has 0 radical (unpaired) electrons. The van der Waals surface area contributed by atoms with Gasteiger partial charge in [0.2, 0.25) is 0 Å². The second kappa shape index (κ2) is 3.96. The molecule has 0 N–H and O–H groups in total. The van der Waals surface area contributed by atoms with Crippen molar-refractivity contribution in [2.24, 2.45) is 0 Å². The van der Waals surface area contributed by atoms with Crippen molar-refractivity contribution in [2.75, 3.05) is 11.5 Å². The molecule has 0 nitrogen and oxygen atoms in total. The van der Waals surface area contributed by atoms with Gasteiger partial charge in [0.1, 0.15) is 0 Å². The van der Waals surface area contributed by atoms with Crippen molar-refractivity contribution in [1.82, 2.24) is 0 Å². The van der Waals surface area contributed by atoms with Crippen LogP contribution < -0.4 is 0 Å². The third-order valence-electron chi connectivity index (χ3n) is 1.14. The fraction of sp³-hybridized carbons (Fsp3) is 1.00. The molecule has 0 aromatic heterocycles. The molecule has 0 aliphatic heterocycles. The summed E-state index contributed by atoms with van der Waals surface area (Å²) < 4.78 is 0. The van der Waals surface area contributed by atoms with Gasteiger partial charge >= 0.3 is 72.3 Å². The summed E-state index contributed by atoms with van der Waals surface area (Å²) in [5, 5.41) is 0. The van der Waals surface area contributed by atoms with Gasteiger partial charge in [-0.05, 0) is 0 Å². The Morgan fingerprint density at radius 1 is 0.900 bits per heavy atom. The Kier molecular flexibility index (Phi) is 4.56. The Labute approximate surface area is 71.8 Å². The van der Waals surface area contributed by atoms with Crippen molar-refractivity contribution < 1.29 is 0 Å². The molecule has 0 rings (SSSR count). The fourth-order valence-electron chi connectivity index (χ4n) is 0.917. The summed E-state index contributed by atoms with van der Waals surface area (Å²) >= 11 is -2.06. The van der Waals surface area contributed by atoms with E-state index < -0.39 is 14.6 Å². The Morgan fingerprint density at radius 3 is 1.40 bits per heavy atom. The van der Waals surface area contributed by atoms with Gasteiger partial charge in [0.15, 0.2) is 0 Å². The van der Waals surface area contributed by atoms with Crippen LogP contribution in [0.4, 0.5) is 0 Å². The summed E-state index contributed by atoms with van der Waals surface area (Å²) in [5.74, 6) is 2.58. The predicted molar refractivity (Wildman–Crippen MR) is 59.6 cm³/mol. The number of hydrogen-bond acceptors (Lipinski definition) is 2. The molecule has 0 unspecified atom stereocenters. The van der Waals surface area contributed by atoms with Gasteiger partial charge in [-0.3, -0.25) is 0 Å². The normalized spacial score (nSPS) is 16.3. The molecule has 0 aliphatic rings. The van der Waals surface area contributed by atoms with E-state index in [1.807, 2.05) is 0 Å². The van der Waals surface area contributed by atoms with Crippen LogP contribution in [0.2, 0.25) is 14.6 Å². The average Bonchev–Trinajstić information content (AvgIpc) is 1.61. The van der Waals surface area contributed by atoms with Crippen LogP contribution in [-0.2, 0) is 0 Å². The molecule has 0 spiro atoms. The molecule has 0 atom stereocenters. The van der Waals surface area contributed by atoms with Gasteiger partial charge in [-0.1, -0.05) is 0 Å². The first-order valence-electron chi connectivity index (χ1n) is 3.70. The van der Waals surface area contributed by atoms with Crippen LogP contribution in [0.1, 0.15) is 13.8 Å². The minimum absolute atomic E-state index is 1.29. The van der Waals surface area contributed by atoms with E-state index in [0.717, 1.165) is 0 Å². The Hall–Kier alpha value is 1.52. The monoisotopic (exact) mass is 288 g/mol. The molecule has 0 heterocycles. The van der Waals surface area contributed by atoms with Gasteiger partial charge in [-0.25, -0.2) is 0 Å². The summed E-state index contributed by atoms with van der Waals surface area (Å²) in [5.41, 5.74) is 0. The maximum atomic E-state index is 2.51. The molecule has 0 saturated carbocycles. The van der Waals surface area contributed by atoms with E-state index in [9.17, 15) is 0 Å². The third-order valence-corrected chi connectivity index (χ3v) is 27.1. The molecule has 0 aromatic carbocycles. The molecule has 3 heteroatoms. The molecule has 0 aromatic rings. The maximum absolute atomic E-state index is 2.51. The summed E-state index contributed by atoms with van der Waals surface area (Å²) in [7, 11) is 4.45. The average molecular weight is 289 g/mol. The van der Waals surface area contributed by atoms with Gasteiger partial charge in [0.25, 0.3) is 0 Å². The molecular formula is C7H19S2Sb. The zero-order valence-electron chi connectivity index (χ0n) is 7.68. The number of hydrogen-bond donors (Lipinski definition) is 0. The topological polar surface area (TPSA) is 0 Å². The van der Waals surface area contributed by atoms with Crippen LogP contribution in [0.25, 0.3) is 0 Å². The van der Waals surface area contributed by atoms with Crippen molar-refractivity contribution in [1.29, 1.82) is 0 Å². The molecular weight excluding hydrogens is 270 g/mol. The first-order chi connectivity index (χ1) is 4.39. The summed E-state index contributed by atoms with van der Waals surface area (Å²) in [6.45, 7) is 4.53. The van der Waals surface area contributed by atoms with Crippen molar-refractivity contribution in [3.05, 3.63) is 0 Å². The standard InChI is InChI=1S/2C2H6S.3CH3.Sb/c2*1-2-3;;;;/h2*3H,2H2,1H3;3*1H3;/q;;;;;+2/p-2. The van der Waals surface area contributed by atoms with Crippen LogP contribution in [0.3, 0.4) is 0 Å². The molecule has 64 valence electrons. The van der Waals surface area contributed by atoms with Crippen molar-refractivity contribution in [2.45, 2.75) is 28.5 Å². The SMILES string of the molecule is CC[S][Sb]([CH3])([CH3])([CH3])[S]CC.